The summed E-state index contributed by atoms with van der Waals surface area (Å²) in [6, 6.07) is 12.3. The molecule has 3 rings (SSSR count). The Kier molecular flexibility index (Phi) is 8.07. The van der Waals surface area contributed by atoms with E-state index in [4.69, 9.17) is 16.7 Å². The van der Waals surface area contributed by atoms with Crippen molar-refractivity contribution < 1.29 is 19.5 Å². The van der Waals surface area contributed by atoms with Gasteiger partial charge in [0.2, 0.25) is 5.91 Å². The number of carboxylic acid groups (broad SMARTS) is 1. The summed E-state index contributed by atoms with van der Waals surface area (Å²) in [6.45, 7) is 4.25. The zero-order valence-electron chi connectivity index (χ0n) is 17.9. The average Bonchev–Trinajstić information content (AvgIpc) is 3.21. The normalized spacial score (nSPS) is 11.6. The summed E-state index contributed by atoms with van der Waals surface area (Å²) >= 11 is 7.29. The molecule has 0 spiro atoms. The highest BCUT2D eigenvalue weighted by Crippen LogP contribution is 2.22. The van der Waals surface area contributed by atoms with E-state index in [9.17, 15) is 14.4 Å². The first-order valence-electron chi connectivity index (χ1n) is 10.0. The van der Waals surface area contributed by atoms with Gasteiger partial charge in [-0.2, -0.15) is 0 Å². The molecule has 0 saturated heterocycles. The third-order valence-corrected chi connectivity index (χ3v) is 5.94. The van der Waals surface area contributed by atoms with Gasteiger partial charge in [0.15, 0.2) is 11.0 Å². The Hall–Kier alpha value is -3.37. The number of nitrogens with one attached hydrogen (secondary N) is 2. The van der Waals surface area contributed by atoms with Crippen LogP contribution < -0.4 is 10.6 Å². The van der Waals surface area contributed by atoms with Crippen molar-refractivity contribution in [2.24, 2.45) is 0 Å². The van der Waals surface area contributed by atoms with E-state index in [0.29, 0.717) is 33.8 Å². The Morgan fingerprint density at radius 1 is 1.15 bits per heavy atom. The number of carbonyl (C=O) groups excluding carboxylic acids is 2. The maximum atomic E-state index is 12.6. The van der Waals surface area contributed by atoms with Gasteiger partial charge in [-0.25, -0.2) is 4.79 Å². The molecular weight excluding hydrogens is 466 g/mol. The van der Waals surface area contributed by atoms with Gasteiger partial charge in [-0.1, -0.05) is 41.6 Å². The summed E-state index contributed by atoms with van der Waals surface area (Å²) in [5, 5.41) is 23.9. The molecule has 0 aliphatic rings. The van der Waals surface area contributed by atoms with Gasteiger partial charge in [0.1, 0.15) is 0 Å². The minimum atomic E-state index is -1.07. The molecule has 0 unspecified atom stereocenters. The maximum Gasteiger partial charge on any atom is 0.335 e. The number of carboxylic acids is 1. The first kappa shape index (κ1) is 24.3. The topological polar surface area (TPSA) is 126 Å². The maximum absolute atomic E-state index is 12.6. The van der Waals surface area contributed by atoms with Crippen LogP contribution in [0.15, 0.2) is 53.7 Å². The molecule has 9 nitrogen and oxygen atoms in total. The number of anilines is 1. The predicted molar refractivity (Wildman–Crippen MR) is 126 cm³/mol. The van der Waals surface area contributed by atoms with Crippen LogP contribution in [0.5, 0.6) is 0 Å². The molecule has 2 aromatic carbocycles. The Bertz CT molecular complexity index is 1180. The molecule has 1 heterocycles. The fraction of sp³-hybridized carbons (Fsp3) is 0.227. The standard InChI is InChI=1S/C22H22ClN5O4S/c1-3-28-19(13(2)24-20(30)16-9-4-5-10-17(16)23)26-27-22(28)33-12-18(29)25-15-8-6-7-14(11-15)21(31)32/h4-11,13H,3,12H2,1-2H3,(H,24,30)(H,25,29)(H,31,32)/t13-/m1/s1. The SMILES string of the molecule is CCn1c(SCC(=O)Nc2cccc(C(=O)O)c2)nnc1[C@@H](C)NC(=O)c1ccccc1Cl. The monoisotopic (exact) mass is 487 g/mol. The van der Waals surface area contributed by atoms with Crippen molar-refractivity contribution in [3.05, 3.63) is 70.5 Å². The number of benzene rings is 2. The highest BCUT2D eigenvalue weighted by molar-refractivity contribution is 7.99. The van der Waals surface area contributed by atoms with Crippen LogP contribution in [0.2, 0.25) is 5.02 Å². The van der Waals surface area contributed by atoms with Crippen LogP contribution in [0.4, 0.5) is 5.69 Å². The second kappa shape index (κ2) is 11.0. The van der Waals surface area contributed by atoms with Crippen LogP contribution in [0.1, 0.15) is 46.4 Å². The van der Waals surface area contributed by atoms with Crippen molar-refractivity contribution in [1.82, 2.24) is 20.1 Å². The summed E-state index contributed by atoms with van der Waals surface area (Å²) in [5.41, 5.74) is 0.851. The minimum Gasteiger partial charge on any atom is -0.478 e. The molecule has 0 fully saturated rings. The number of aromatic nitrogens is 3. The molecule has 0 saturated carbocycles. The summed E-state index contributed by atoms with van der Waals surface area (Å²) < 4.78 is 1.82. The Morgan fingerprint density at radius 2 is 1.91 bits per heavy atom. The molecule has 0 bridgehead atoms. The largest absolute Gasteiger partial charge is 0.478 e. The Balaban J connectivity index is 1.63. The average molecular weight is 488 g/mol. The minimum absolute atomic E-state index is 0.0514. The van der Waals surface area contributed by atoms with Crippen LogP contribution in [-0.4, -0.2) is 43.4 Å². The lowest BCUT2D eigenvalue weighted by molar-refractivity contribution is -0.113. The van der Waals surface area contributed by atoms with Gasteiger partial charge >= 0.3 is 5.97 Å². The number of hydrogen-bond donors (Lipinski definition) is 3. The molecule has 1 aromatic heterocycles. The fourth-order valence-electron chi connectivity index (χ4n) is 3.07. The third kappa shape index (κ3) is 6.11. The lowest BCUT2D eigenvalue weighted by Gasteiger charge is -2.15. The van der Waals surface area contributed by atoms with E-state index >= 15 is 0 Å². The lowest BCUT2D eigenvalue weighted by Crippen LogP contribution is -2.29. The molecular formula is C22H22ClN5O4S. The number of thioether (sulfide) groups is 1. The zero-order valence-corrected chi connectivity index (χ0v) is 19.5. The van der Waals surface area contributed by atoms with Crippen LogP contribution in [0, 0.1) is 0 Å². The van der Waals surface area contributed by atoms with Gasteiger partial charge in [0, 0.05) is 12.2 Å². The number of rotatable bonds is 9. The van der Waals surface area contributed by atoms with Gasteiger partial charge in [-0.3, -0.25) is 9.59 Å². The number of aromatic carboxylic acids is 1. The molecule has 11 heteroatoms. The molecule has 33 heavy (non-hydrogen) atoms. The molecule has 0 radical (unpaired) electrons. The van der Waals surface area contributed by atoms with E-state index in [1.807, 2.05) is 11.5 Å². The first-order chi connectivity index (χ1) is 15.8. The number of amides is 2. The number of carbonyl (C=O) groups is 3. The zero-order chi connectivity index (χ0) is 24.0. The Labute approximate surface area is 199 Å². The van der Waals surface area contributed by atoms with Crippen molar-refractivity contribution in [2.45, 2.75) is 31.6 Å². The molecule has 0 aliphatic heterocycles. The van der Waals surface area contributed by atoms with Gasteiger partial charge in [0.25, 0.3) is 5.91 Å². The highest BCUT2D eigenvalue weighted by Gasteiger charge is 2.21. The van der Waals surface area contributed by atoms with Crippen molar-refractivity contribution in [2.75, 3.05) is 11.1 Å². The van der Waals surface area contributed by atoms with E-state index < -0.39 is 12.0 Å². The van der Waals surface area contributed by atoms with E-state index in [0.717, 1.165) is 0 Å². The van der Waals surface area contributed by atoms with Crippen molar-refractivity contribution in [3.8, 4) is 0 Å². The first-order valence-corrected chi connectivity index (χ1v) is 11.4. The van der Waals surface area contributed by atoms with Gasteiger partial charge < -0.3 is 20.3 Å². The van der Waals surface area contributed by atoms with Crippen LogP contribution in [-0.2, 0) is 11.3 Å². The Morgan fingerprint density at radius 3 is 2.61 bits per heavy atom. The van der Waals surface area contributed by atoms with Crippen LogP contribution >= 0.6 is 23.4 Å². The van der Waals surface area contributed by atoms with Gasteiger partial charge in [-0.15, -0.1) is 10.2 Å². The molecule has 2 amide bonds. The van der Waals surface area contributed by atoms with Crippen molar-refractivity contribution in [3.63, 3.8) is 0 Å². The van der Waals surface area contributed by atoms with Crippen LogP contribution in [0.25, 0.3) is 0 Å². The van der Waals surface area contributed by atoms with E-state index in [-0.39, 0.29) is 23.1 Å². The predicted octanol–water partition coefficient (Wildman–Crippen LogP) is 3.87. The number of nitrogens with zero attached hydrogens (tertiary/aromatic N) is 3. The lowest BCUT2D eigenvalue weighted by atomic mass is 10.2. The van der Waals surface area contributed by atoms with E-state index in [1.54, 1.807) is 43.3 Å². The van der Waals surface area contributed by atoms with Crippen LogP contribution in [0.3, 0.4) is 0 Å². The molecule has 3 N–H and O–H groups in total. The molecule has 172 valence electrons. The summed E-state index contributed by atoms with van der Waals surface area (Å²) in [4.78, 5) is 36.0. The summed E-state index contributed by atoms with van der Waals surface area (Å²) in [6.07, 6.45) is 0. The van der Waals surface area contributed by atoms with Crippen molar-refractivity contribution in [1.29, 1.82) is 0 Å². The molecule has 3 aromatic rings. The van der Waals surface area contributed by atoms with Gasteiger partial charge in [0.05, 0.1) is 27.9 Å². The summed E-state index contributed by atoms with van der Waals surface area (Å²) in [5.74, 6) is -1.10. The van der Waals surface area contributed by atoms with Gasteiger partial charge in [-0.05, 0) is 44.2 Å². The molecule has 0 aliphatic carbocycles. The highest BCUT2D eigenvalue weighted by atomic mass is 35.5. The summed E-state index contributed by atoms with van der Waals surface area (Å²) in [7, 11) is 0. The second-order valence-corrected chi connectivity index (χ2v) is 8.33. The van der Waals surface area contributed by atoms with E-state index in [2.05, 4.69) is 20.8 Å². The van der Waals surface area contributed by atoms with Crippen molar-refractivity contribution >= 4 is 46.8 Å². The smallest absolute Gasteiger partial charge is 0.335 e. The third-order valence-electron chi connectivity index (χ3n) is 4.64. The molecule has 1 atom stereocenters. The quantitative estimate of drug-likeness (QED) is 0.391. The fourth-order valence-corrected chi connectivity index (χ4v) is 4.10. The number of hydrogen-bond acceptors (Lipinski definition) is 6. The second-order valence-electron chi connectivity index (χ2n) is 6.98. The van der Waals surface area contributed by atoms with E-state index in [1.165, 1.54) is 23.9 Å². The number of halogens is 1.